The van der Waals surface area contributed by atoms with E-state index < -0.39 is 12.2 Å². The molecule has 0 saturated carbocycles. The number of nitrogens with one attached hydrogen (secondary N) is 3. The summed E-state index contributed by atoms with van der Waals surface area (Å²) in [4.78, 5) is 25.8. The number of hydrogen-bond acceptors (Lipinski definition) is 10. The molecule has 3 aliphatic rings. The highest BCUT2D eigenvalue weighted by molar-refractivity contribution is 7.19. The van der Waals surface area contributed by atoms with Gasteiger partial charge in [-0.25, -0.2) is 15.4 Å². The van der Waals surface area contributed by atoms with E-state index in [4.69, 9.17) is 4.74 Å². The van der Waals surface area contributed by atoms with Crippen LogP contribution in [0.25, 0.3) is 10.2 Å². The van der Waals surface area contributed by atoms with Crippen molar-refractivity contribution in [3.63, 3.8) is 0 Å². The van der Waals surface area contributed by atoms with Gasteiger partial charge in [0.25, 0.3) is 0 Å². The number of aromatic nitrogens is 2. The van der Waals surface area contributed by atoms with Crippen LogP contribution in [0.4, 0.5) is 17.2 Å². The molecule has 3 atom stereocenters. The summed E-state index contributed by atoms with van der Waals surface area (Å²) in [6.45, 7) is 3.63. The molecule has 1 aromatic carbocycles. The number of aliphatic hydroxyl groups excluding tert-OH is 2. The van der Waals surface area contributed by atoms with Gasteiger partial charge < -0.3 is 30.6 Å². The lowest BCUT2D eigenvalue weighted by molar-refractivity contribution is -0.135. The third-order valence-electron chi connectivity index (χ3n) is 7.03. The molecular weight excluding hydrogens is 468 g/mol. The highest BCUT2D eigenvalue weighted by Crippen LogP contribution is 2.42. The number of rotatable bonds is 5. The minimum Gasteiger partial charge on any atom is -0.492 e. The number of aliphatic hydroxyl groups is 2. The lowest BCUT2D eigenvalue weighted by Crippen LogP contribution is -2.37. The van der Waals surface area contributed by atoms with Gasteiger partial charge in [0.2, 0.25) is 5.91 Å². The van der Waals surface area contributed by atoms with Crippen molar-refractivity contribution in [1.82, 2.24) is 20.3 Å². The van der Waals surface area contributed by atoms with E-state index in [0.717, 1.165) is 63.0 Å². The maximum absolute atomic E-state index is 13.1. The van der Waals surface area contributed by atoms with Crippen molar-refractivity contribution in [2.75, 3.05) is 30.4 Å². The van der Waals surface area contributed by atoms with Crippen LogP contribution in [-0.2, 0) is 24.2 Å². The molecule has 1 aliphatic carbocycles. The molecule has 2 aromatic heterocycles. The molecule has 0 bridgehead atoms. The van der Waals surface area contributed by atoms with Crippen LogP contribution in [0.5, 0.6) is 5.75 Å². The number of ether oxygens (including phenoxy) is 1. The summed E-state index contributed by atoms with van der Waals surface area (Å²) in [7, 11) is 0. The number of amides is 1. The number of anilines is 3. The van der Waals surface area contributed by atoms with Crippen molar-refractivity contribution in [3.05, 3.63) is 34.5 Å². The Morgan fingerprint density at radius 2 is 2.11 bits per heavy atom. The molecule has 11 heteroatoms. The monoisotopic (exact) mass is 496 g/mol. The highest BCUT2D eigenvalue weighted by Gasteiger charge is 2.37. The molecule has 35 heavy (non-hydrogen) atoms. The number of hydrogen-bond donors (Lipinski definition) is 5. The largest absolute Gasteiger partial charge is 0.492 e. The van der Waals surface area contributed by atoms with Crippen LogP contribution in [-0.4, -0.2) is 62.9 Å². The average Bonchev–Trinajstić information content (AvgIpc) is 3.55. The normalized spacial score (nSPS) is 23.2. The van der Waals surface area contributed by atoms with Crippen molar-refractivity contribution < 1.29 is 19.7 Å². The van der Waals surface area contributed by atoms with Crippen molar-refractivity contribution in [2.24, 2.45) is 5.92 Å². The first-order valence-electron chi connectivity index (χ1n) is 12.0. The standard InChI is InChI=1S/C24H28N6O4S/c1-2-34-19-7-15-13(8-27-29-15)5-16(19)28-22-21-14-4-3-12(6-20(14)35-23(21)26-11-25-22)24(33)30-9-17(31)18(32)10-30/h5,7,11-12,17-18,27,29,31-32H,2-4,6,8-10H2,1H3,(H,25,26,28)/t12-,17-,18-/m0/s1. The third kappa shape index (κ3) is 3.98. The molecule has 0 spiro atoms. The highest BCUT2D eigenvalue weighted by atomic mass is 32.1. The Kier molecular flexibility index (Phi) is 5.72. The van der Waals surface area contributed by atoms with Gasteiger partial charge in [-0.3, -0.25) is 4.79 Å². The van der Waals surface area contributed by atoms with Gasteiger partial charge in [0, 0.05) is 36.5 Å². The first-order valence-corrected chi connectivity index (χ1v) is 12.8. The molecule has 4 heterocycles. The fourth-order valence-corrected chi connectivity index (χ4v) is 6.51. The number of carbonyl (C=O) groups excluding carboxylic acids is 1. The Morgan fingerprint density at radius 3 is 2.91 bits per heavy atom. The van der Waals surface area contributed by atoms with Gasteiger partial charge in [0.05, 0.1) is 35.6 Å². The number of fused-ring (bicyclic) bond motifs is 4. The van der Waals surface area contributed by atoms with Crippen LogP contribution in [0.15, 0.2) is 18.5 Å². The number of carbonyl (C=O) groups is 1. The molecule has 1 fully saturated rings. The van der Waals surface area contributed by atoms with E-state index in [1.54, 1.807) is 22.6 Å². The van der Waals surface area contributed by atoms with Gasteiger partial charge in [-0.15, -0.1) is 11.3 Å². The quantitative estimate of drug-likeness (QED) is 0.359. The fourth-order valence-electron chi connectivity index (χ4n) is 5.25. The maximum Gasteiger partial charge on any atom is 0.226 e. The predicted octanol–water partition coefficient (Wildman–Crippen LogP) is 1.93. The zero-order valence-corrected chi connectivity index (χ0v) is 20.2. The second-order valence-corrected chi connectivity index (χ2v) is 10.3. The van der Waals surface area contributed by atoms with Crippen LogP contribution in [0, 0.1) is 5.92 Å². The number of nitrogens with zero attached hydrogens (tertiary/aromatic N) is 3. The Labute approximate surface area is 206 Å². The second kappa shape index (κ2) is 8.90. The Bertz CT molecular complexity index is 1290. The number of hydrazine groups is 1. The molecule has 0 unspecified atom stereocenters. The second-order valence-electron chi connectivity index (χ2n) is 9.27. The predicted molar refractivity (Wildman–Crippen MR) is 133 cm³/mol. The molecule has 5 N–H and O–H groups in total. The third-order valence-corrected chi connectivity index (χ3v) is 8.19. The molecule has 1 amide bonds. The minimum absolute atomic E-state index is 0.00912. The Hall–Kier alpha value is -2.99. The topological polar surface area (TPSA) is 132 Å². The van der Waals surface area contributed by atoms with Crippen molar-refractivity contribution >= 4 is 44.7 Å². The zero-order chi connectivity index (χ0) is 24.1. The number of thiophene rings is 1. The minimum atomic E-state index is -0.862. The summed E-state index contributed by atoms with van der Waals surface area (Å²) in [5, 5.41) is 24.2. The first kappa shape index (κ1) is 22.5. The van der Waals surface area contributed by atoms with Crippen molar-refractivity contribution in [3.8, 4) is 5.75 Å². The number of benzene rings is 1. The molecule has 10 nitrogen and oxygen atoms in total. The van der Waals surface area contributed by atoms with E-state index in [9.17, 15) is 15.0 Å². The van der Waals surface area contributed by atoms with Gasteiger partial charge in [0.15, 0.2) is 0 Å². The smallest absolute Gasteiger partial charge is 0.226 e. The van der Waals surface area contributed by atoms with Crippen LogP contribution < -0.4 is 20.9 Å². The molecule has 0 radical (unpaired) electrons. The summed E-state index contributed by atoms with van der Waals surface area (Å²) >= 11 is 1.61. The molecule has 6 rings (SSSR count). The lowest BCUT2D eigenvalue weighted by Gasteiger charge is -2.26. The van der Waals surface area contributed by atoms with Gasteiger partial charge >= 0.3 is 0 Å². The molecule has 3 aromatic rings. The molecule has 1 saturated heterocycles. The summed E-state index contributed by atoms with van der Waals surface area (Å²) in [6, 6.07) is 4.07. The number of likely N-dealkylation sites (tertiary alicyclic amines) is 1. The van der Waals surface area contributed by atoms with Gasteiger partial charge in [-0.1, -0.05) is 0 Å². The maximum atomic E-state index is 13.1. The SMILES string of the molecule is CCOc1cc2c(cc1Nc1ncnc3sc4c(c13)CC[C@H](C(=O)N1C[C@H](O)[C@@H](O)C1)C4)CNN2. The average molecular weight is 497 g/mol. The van der Waals surface area contributed by atoms with Crippen molar-refractivity contribution in [2.45, 2.75) is 44.9 Å². The fraction of sp³-hybridized carbons (Fsp3) is 0.458. The van der Waals surface area contributed by atoms with E-state index >= 15 is 0 Å². The van der Waals surface area contributed by atoms with Crippen LogP contribution in [0.1, 0.15) is 29.3 Å². The summed E-state index contributed by atoms with van der Waals surface area (Å²) in [5.74, 6) is 1.34. The molecular formula is C24H28N6O4S. The number of aryl methyl sites for hydroxylation is 1. The summed E-state index contributed by atoms with van der Waals surface area (Å²) in [5.41, 5.74) is 10.5. The summed E-state index contributed by atoms with van der Waals surface area (Å²) < 4.78 is 5.90. The van der Waals surface area contributed by atoms with Gasteiger partial charge in [0.1, 0.15) is 22.7 Å². The Morgan fingerprint density at radius 1 is 1.29 bits per heavy atom. The van der Waals surface area contributed by atoms with Crippen LogP contribution in [0.3, 0.4) is 0 Å². The molecule has 184 valence electrons. The zero-order valence-electron chi connectivity index (χ0n) is 19.4. The summed E-state index contributed by atoms with van der Waals surface area (Å²) in [6.07, 6.45) is 1.95. The molecule has 2 aliphatic heterocycles. The van der Waals surface area contributed by atoms with E-state index in [-0.39, 0.29) is 24.9 Å². The Balaban J connectivity index is 1.29. The number of β-amino-alcohol motifs (C(OH)–C–C–N with tert-alkyl or cyclic N) is 2. The van der Waals surface area contributed by atoms with Crippen molar-refractivity contribution in [1.29, 1.82) is 0 Å². The van der Waals surface area contributed by atoms with E-state index in [0.29, 0.717) is 13.0 Å². The van der Waals surface area contributed by atoms with Crippen LogP contribution in [0.2, 0.25) is 0 Å². The van der Waals surface area contributed by atoms with Gasteiger partial charge in [-0.05, 0) is 43.4 Å². The van der Waals surface area contributed by atoms with E-state index in [1.165, 1.54) is 5.56 Å². The first-order chi connectivity index (χ1) is 17.0. The van der Waals surface area contributed by atoms with E-state index in [2.05, 4.69) is 32.2 Å². The van der Waals surface area contributed by atoms with E-state index in [1.807, 2.05) is 13.0 Å². The van der Waals surface area contributed by atoms with Crippen LogP contribution >= 0.6 is 11.3 Å². The lowest BCUT2D eigenvalue weighted by atomic mass is 9.87. The van der Waals surface area contributed by atoms with Gasteiger partial charge in [-0.2, -0.15) is 0 Å².